The van der Waals surface area contributed by atoms with Crippen molar-refractivity contribution in [2.75, 3.05) is 19.8 Å². The Morgan fingerprint density at radius 2 is 1.68 bits per heavy atom. The van der Waals surface area contributed by atoms with Crippen LogP contribution in [0.25, 0.3) is 11.1 Å². The van der Waals surface area contributed by atoms with E-state index in [9.17, 15) is 14.4 Å². The van der Waals surface area contributed by atoms with Crippen LogP contribution >= 0.6 is 0 Å². The first-order valence-corrected chi connectivity index (χ1v) is 14.9. The van der Waals surface area contributed by atoms with Gasteiger partial charge in [-0.3, -0.25) is 9.59 Å². The van der Waals surface area contributed by atoms with Crippen molar-refractivity contribution in [1.82, 2.24) is 4.90 Å². The number of nitrogens with zero attached hydrogens (tertiary/aromatic N) is 1. The van der Waals surface area contributed by atoms with E-state index >= 15 is 0 Å². The number of aliphatic hydroxyl groups excluding tert-OH is 1. The number of aliphatic hydroxyl groups is 1. The van der Waals surface area contributed by atoms with Crippen LogP contribution in [0.5, 0.6) is 0 Å². The third-order valence-electron chi connectivity index (χ3n) is 7.84. The Morgan fingerprint density at radius 1 is 0.955 bits per heavy atom. The van der Waals surface area contributed by atoms with Gasteiger partial charge in [0.05, 0.1) is 19.3 Å². The van der Waals surface area contributed by atoms with Gasteiger partial charge in [-0.2, -0.15) is 0 Å². The maximum absolute atomic E-state index is 14.2. The lowest BCUT2D eigenvalue weighted by Crippen LogP contribution is -2.44. The zero-order chi connectivity index (χ0) is 31.1. The molecule has 44 heavy (non-hydrogen) atoms. The zero-order valence-corrected chi connectivity index (χ0v) is 25.0. The maximum atomic E-state index is 14.2. The van der Waals surface area contributed by atoms with E-state index < -0.39 is 35.8 Å². The molecule has 8 nitrogen and oxygen atoms in total. The van der Waals surface area contributed by atoms with E-state index in [1.54, 1.807) is 13.0 Å². The third-order valence-corrected chi connectivity index (χ3v) is 7.84. The number of imide groups is 1. The molecule has 3 atom stereocenters. The van der Waals surface area contributed by atoms with Crippen LogP contribution in [0, 0.1) is 12.8 Å². The van der Waals surface area contributed by atoms with Gasteiger partial charge in [-0.05, 0) is 49.4 Å². The van der Waals surface area contributed by atoms with Gasteiger partial charge in [0, 0.05) is 18.6 Å². The molecule has 0 bridgehead atoms. The predicted octanol–water partition coefficient (Wildman–Crippen LogP) is 6.35. The average Bonchev–Trinajstić information content (AvgIpc) is 3.60. The fourth-order valence-corrected chi connectivity index (χ4v) is 5.62. The van der Waals surface area contributed by atoms with Crippen LogP contribution in [0.1, 0.15) is 52.5 Å². The standard InChI is InChI=1S/C36H37NO7/c1-24-11-9-16-28(21-24)29-23-32(43-31(29)17-10-19-42-20-18-38)33(39)30(22-26-12-5-3-6-13-26)35(40)37-25(2)34(44-36(37)41)27-14-7-4-8-15-27/h3-9,11-16,21,23,25,30,34,38H,10,17-20,22H2,1-2H3/t25-,30-,34-/m1/s1. The number of cyclic esters (lactones) is 1. The summed E-state index contributed by atoms with van der Waals surface area (Å²) in [6, 6.07) is 27.5. The number of benzene rings is 3. The molecule has 0 unspecified atom stereocenters. The van der Waals surface area contributed by atoms with Gasteiger partial charge in [-0.15, -0.1) is 0 Å². The summed E-state index contributed by atoms with van der Waals surface area (Å²) in [7, 11) is 0. The molecule has 0 radical (unpaired) electrons. The van der Waals surface area contributed by atoms with Crippen molar-refractivity contribution < 1.29 is 33.4 Å². The van der Waals surface area contributed by atoms with Gasteiger partial charge in [0.2, 0.25) is 11.7 Å². The van der Waals surface area contributed by atoms with Crippen molar-refractivity contribution >= 4 is 17.8 Å². The zero-order valence-electron chi connectivity index (χ0n) is 25.0. The Hall–Kier alpha value is -4.53. The van der Waals surface area contributed by atoms with E-state index in [1.165, 1.54) is 0 Å². The summed E-state index contributed by atoms with van der Waals surface area (Å²) in [4.78, 5) is 42.6. The Balaban J connectivity index is 1.47. The van der Waals surface area contributed by atoms with E-state index in [0.29, 0.717) is 25.2 Å². The van der Waals surface area contributed by atoms with Crippen LogP contribution in [0.4, 0.5) is 4.79 Å². The fraction of sp³-hybridized carbons (Fsp3) is 0.306. The summed E-state index contributed by atoms with van der Waals surface area (Å²) in [5.41, 5.74) is 4.28. The first kappa shape index (κ1) is 30.9. The van der Waals surface area contributed by atoms with E-state index in [1.807, 2.05) is 91.9 Å². The van der Waals surface area contributed by atoms with Gasteiger partial charge < -0.3 is 19.0 Å². The smallest absolute Gasteiger partial charge is 0.417 e. The summed E-state index contributed by atoms with van der Waals surface area (Å²) in [5, 5.41) is 9.01. The molecular formula is C36H37NO7. The number of rotatable bonds is 13. The van der Waals surface area contributed by atoms with E-state index in [4.69, 9.17) is 19.0 Å². The van der Waals surface area contributed by atoms with Gasteiger partial charge in [0.1, 0.15) is 17.8 Å². The predicted molar refractivity (Wildman–Crippen MR) is 165 cm³/mol. The molecule has 0 aliphatic carbocycles. The highest BCUT2D eigenvalue weighted by Gasteiger charge is 2.47. The van der Waals surface area contributed by atoms with Crippen molar-refractivity contribution in [3.63, 3.8) is 0 Å². The lowest BCUT2D eigenvalue weighted by Gasteiger charge is -2.23. The minimum Gasteiger partial charge on any atom is -0.457 e. The van der Waals surface area contributed by atoms with Crippen molar-refractivity contribution in [1.29, 1.82) is 0 Å². The lowest BCUT2D eigenvalue weighted by molar-refractivity contribution is -0.131. The van der Waals surface area contributed by atoms with E-state index in [0.717, 1.165) is 32.7 Å². The number of hydrogen-bond donors (Lipinski definition) is 1. The van der Waals surface area contributed by atoms with Gasteiger partial charge in [0.15, 0.2) is 5.76 Å². The van der Waals surface area contributed by atoms with Gasteiger partial charge >= 0.3 is 6.09 Å². The first-order valence-electron chi connectivity index (χ1n) is 14.9. The Labute approximate surface area is 257 Å². The number of carbonyl (C=O) groups is 3. The van der Waals surface area contributed by atoms with Crippen LogP contribution in [0.15, 0.2) is 95.4 Å². The van der Waals surface area contributed by atoms with Crippen molar-refractivity contribution in [2.24, 2.45) is 5.92 Å². The molecule has 1 N–H and O–H groups in total. The normalized spacial score (nSPS) is 17.0. The van der Waals surface area contributed by atoms with Crippen molar-refractivity contribution in [3.05, 3.63) is 119 Å². The number of carbonyl (C=O) groups excluding carboxylic acids is 3. The molecular weight excluding hydrogens is 558 g/mol. The molecule has 2 amide bonds. The number of hydrogen-bond acceptors (Lipinski definition) is 7. The summed E-state index contributed by atoms with van der Waals surface area (Å²) >= 11 is 0. The lowest BCUT2D eigenvalue weighted by atomic mass is 9.91. The van der Waals surface area contributed by atoms with Crippen LogP contribution in [0.2, 0.25) is 0 Å². The number of Topliss-reactive ketones (excluding diaryl/α,β-unsaturated/α-hetero) is 1. The molecule has 1 aliphatic heterocycles. The van der Waals surface area contributed by atoms with E-state index in [2.05, 4.69) is 0 Å². The highest BCUT2D eigenvalue weighted by molar-refractivity contribution is 6.12. The third kappa shape index (κ3) is 6.98. The monoisotopic (exact) mass is 595 g/mol. The highest BCUT2D eigenvalue weighted by Crippen LogP contribution is 2.35. The van der Waals surface area contributed by atoms with Gasteiger partial charge in [0.25, 0.3) is 0 Å². The van der Waals surface area contributed by atoms with Gasteiger partial charge in [-0.1, -0.05) is 90.5 Å². The average molecular weight is 596 g/mol. The van der Waals surface area contributed by atoms with Crippen LogP contribution in [0.3, 0.4) is 0 Å². The molecule has 0 spiro atoms. The summed E-state index contributed by atoms with van der Waals surface area (Å²) in [5.74, 6) is -1.67. The molecule has 1 fully saturated rings. The first-order chi connectivity index (χ1) is 21.4. The Morgan fingerprint density at radius 3 is 2.39 bits per heavy atom. The Kier molecular flexibility index (Phi) is 10.0. The molecule has 8 heteroatoms. The molecule has 1 saturated heterocycles. The molecule has 3 aromatic carbocycles. The number of furan rings is 1. The number of amides is 2. The highest BCUT2D eigenvalue weighted by atomic mass is 16.6. The Bertz CT molecular complexity index is 1580. The molecule has 4 aromatic rings. The second-order valence-electron chi connectivity index (χ2n) is 11.0. The largest absolute Gasteiger partial charge is 0.457 e. The summed E-state index contributed by atoms with van der Waals surface area (Å²) in [6.07, 6.45) is -0.213. The van der Waals surface area contributed by atoms with Crippen LogP contribution in [-0.2, 0) is 27.1 Å². The van der Waals surface area contributed by atoms with Crippen LogP contribution in [-0.4, -0.2) is 53.7 Å². The molecule has 5 rings (SSSR count). The molecule has 1 aliphatic rings. The second kappa shape index (κ2) is 14.3. The minimum absolute atomic E-state index is 0.0555. The number of ether oxygens (including phenoxy) is 2. The van der Waals surface area contributed by atoms with Crippen LogP contribution < -0.4 is 0 Å². The maximum Gasteiger partial charge on any atom is 0.417 e. The molecule has 2 heterocycles. The fourth-order valence-electron chi connectivity index (χ4n) is 5.62. The number of ketones is 1. The van der Waals surface area contributed by atoms with Crippen molar-refractivity contribution in [3.8, 4) is 11.1 Å². The number of aryl methyl sites for hydroxylation is 2. The molecule has 0 saturated carbocycles. The summed E-state index contributed by atoms with van der Waals surface area (Å²) < 4.78 is 17.3. The minimum atomic E-state index is -1.21. The second-order valence-corrected chi connectivity index (χ2v) is 11.0. The van der Waals surface area contributed by atoms with E-state index in [-0.39, 0.29) is 25.4 Å². The van der Waals surface area contributed by atoms with Crippen molar-refractivity contribution in [2.45, 2.75) is 45.3 Å². The topological polar surface area (TPSA) is 106 Å². The molecule has 1 aromatic heterocycles. The SMILES string of the molecule is Cc1cccc(-c2cc(C(=O)[C@@H](Cc3ccccc3)C(=O)N3C(=O)O[C@@H](c4ccccc4)[C@H]3C)oc2CCCOCCO)c1. The summed E-state index contributed by atoms with van der Waals surface area (Å²) in [6.45, 7) is 4.36. The molecule has 228 valence electrons. The quantitative estimate of drug-likeness (QED) is 0.109. The van der Waals surface area contributed by atoms with Gasteiger partial charge in [-0.25, -0.2) is 9.69 Å².